The van der Waals surface area contributed by atoms with Gasteiger partial charge in [0, 0.05) is 16.8 Å². The van der Waals surface area contributed by atoms with Gasteiger partial charge in [-0.2, -0.15) is 8.78 Å². The number of anilines is 1. The minimum atomic E-state index is -3.04. The number of hydrogen-bond acceptors (Lipinski definition) is 6. The largest absolute Gasteiger partial charge is 0.493 e. The summed E-state index contributed by atoms with van der Waals surface area (Å²) in [7, 11) is 1.32. The summed E-state index contributed by atoms with van der Waals surface area (Å²) in [6.45, 7) is -1.22. The quantitative estimate of drug-likeness (QED) is 0.703. The molecular formula is C18H15F2N3O4. The number of ether oxygens (including phenoxy) is 2. The monoisotopic (exact) mass is 375 g/mol. The zero-order valence-corrected chi connectivity index (χ0v) is 14.4. The number of alkyl halides is 2. The van der Waals surface area contributed by atoms with Crippen molar-refractivity contribution < 1.29 is 27.5 Å². The Labute approximate surface area is 152 Å². The Hall–Kier alpha value is -3.49. The van der Waals surface area contributed by atoms with Crippen LogP contribution in [0.15, 0.2) is 47.2 Å². The number of carbonyl (C=O) groups excluding carboxylic acids is 1. The topological polar surface area (TPSA) is 86.5 Å². The summed E-state index contributed by atoms with van der Waals surface area (Å²) in [6.07, 6.45) is 1.20. The van der Waals surface area contributed by atoms with E-state index in [2.05, 4.69) is 20.3 Å². The molecule has 0 aliphatic carbocycles. The van der Waals surface area contributed by atoms with Gasteiger partial charge in [-0.05, 0) is 42.8 Å². The molecule has 1 heterocycles. The van der Waals surface area contributed by atoms with Gasteiger partial charge >= 0.3 is 6.61 Å². The van der Waals surface area contributed by atoms with Crippen molar-refractivity contribution in [1.29, 1.82) is 0 Å². The van der Waals surface area contributed by atoms with Gasteiger partial charge in [0.15, 0.2) is 11.5 Å². The number of methoxy groups -OCH3 is 1. The number of nitrogens with one attached hydrogen (secondary N) is 1. The van der Waals surface area contributed by atoms with Crippen molar-refractivity contribution in [2.75, 3.05) is 12.4 Å². The second-order valence-electron chi connectivity index (χ2n) is 5.47. The van der Waals surface area contributed by atoms with Crippen LogP contribution in [0.3, 0.4) is 0 Å². The molecule has 1 amide bonds. The lowest BCUT2D eigenvalue weighted by molar-refractivity contribution is -0.0512. The Balaban J connectivity index is 1.86. The molecule has 7 nitrogen and oxygen atoms in total. The normalized spacial score (nSPS) is 10.7. The summed E-state index contributed by atoms with van der Waals surface area (Å²) in [5.74, 6) is -0.317. The summed E-state index contributed by atoms with van der Waals surface area (Å²) in [4.78, 5) is 12.6. The molecule has 3 aromatic rings. The number of carbonyl (C=O) groups is 1. The second kappa shape index (κ2) is 7.81. The van der Waals surface area contributed by atoms with E-state index in [1.54, 1.807) is 18.2 Å². The third-order valence-electron chi connectivity index (χ3n) is 3.73. The predicted molar refractivity (Wildman–Crippen MR) is 92.1 cm³/mol. The minimum absolute atomic E-state index is 0.0985. The number of benzene rings is 2. The predicted octanol–water partition coefficient (Wildman–Crippen LogP) is 3.91. The van der Waals surface area contributed by atoms with E-state index in [0.717, 1.165) is 5.56 Å². The lowest BCUT2D eigenvalue weighted by Crippen LogP contribution is -2.13. The molecule has 1 aromatic heterocycles. The molecule has 9 heteroatoms. The fourth-order valence-corrected chi connectivity index (χ4v) is 2.39. The number of hydrogen-bond donors (Lipinski definition) is 1. The van der Waals surface area contributed by atoms with Gasteiger partial charge in [-0.3, -0.25) is 4.79 Å². The first-order chi connectivity index (χ1) is 13.0. The maximum Gasteiger partial charge on any atom is 0.387 e. The zero-order chi connectivity index (χ0) is 19.4. The maximum absolute atomic E-state index is 12.6. The highest BCUT2D eigenvalue weighted by Crippen LogP contribution is 2.30. The fraction of sp³-hybridized carbons (Fsp3) is 0.167. The van der Waals surface area contributed by atoms with E-state index >= 15 is 0 Å². The number of nitrogens with zero attached hydrogens (tertiary/aromatic N) is 2. The highest BCUT2D eigenvalue weighted by molar-refractivity contribution is 6.05. The molecule has 0 unspecified atom stereocenters. The van der Waals surface area contributed by atoms with Crippen LogP contribution in [0, 0.1) is 6.92 Å². The molecule has 0 saturated heterocycles. The number of aromatic nitrogens is 2. The summed E-state index contributed by atoms with van der Waals surface area (Å²) >= 11 is 0. The van der Waals surface area contributed by atoms with Crippen LogP contribution in [0.1, 0.15) is 15.9 Å². The van der Waals surface area contributed by atoms with E-state index in [4.69, 9.17) is 9.15 Å². The van der Waals surface area contributed by atoms with E-state index < -0.39 is 12.5 Å². The SMILES string of the molecule is COc1ccc(C(=O)Nc2cc(-c3nnco3)ccc2C)cc1OC(F)F. The summed E-state index contributed by atoms with van der Waals surface area (Å²) < 4.78 is 39.6. The van der Waals surface area contributed by atoms with Crippen LogP contribution in [0.5, 0.6) is 11.5 Å². The van der Waals surface area contributed by atoms with Gasteiger partial charge in [0.1, 0.15) is 0 Å². The average molecular weight is 375 g/mol. The lowest BCUT2D eigenvalue weighted by Gasteiger charge is -2.13. The molecule has 27 heavy (non-hydrogen) atoms. The van der Waals surface area contributed by atoms with Crippen LogP contribution in [0.4, 0.5) is 14.5 Å². The first-order valence-electron chi connectivity index (χ1n) is 7.79. The molecule has 1 N–H and O–H groups in total. The van der Waals surface area contributed by atoms with Gasteiger partial charge in [-0.15, -0.1) is 10.2 Å². The number of halogens is 2. The van der Waals surface area contributed by atoms with Crippen LogP contribution in [-0.4, -0.2) is 29.8 Å². The van der Waals surface area contributed by atoms with Crippen molar-refractivity contribution in [3.63, 3.8) is 0 Å². The summed E-state index contributed by atoms with van der Waals surface area (Å²) in [6, 6.07) is 9.27. The molecule has 0 fully saturated rings. The molecule has 140 valence electrons. The van der Waals surface area contributed by atoms with Crippen LogP contribution in [0.25, 0.3) is 11.5 Å². The van der Waals surface area contributed by atoms with Gasteiger partial charge in [-0.25, -0.2) is 0 Å². The average Bonchev–Trinajstić information content (AvgIpc) is 3.17. The van der Waals surface area contributed by atoms with Crippen LogP contribution in [-0.2, 0) is 0 Å². The molecule has 0 radical (unpaired) electrons. The molecule has 0 atom stereocenters. The van der Waals surface area contributed by atoms with Crippen LogP contribution < -0.4 is 14.8 Å². The van der Waals surface area contributed by atoms with Gasteiger partial charge < -0.3 is 19.2 Å². The van der Waals surface area contributed by atoms with Gasteiger partial charge in [0.05, 0.1) is 7.11 Å². The highest BCUT2D eigenvalue weighted by atomic mass is 19.3. The van der Waals surface area contributed by atoms with Crippen molar-refractivity contribution >= 4 is 11.6 Å². The molecule has 0 saturated carbocycles. The number of aryl methyl sites for hydroxylation is 1. The minimum Gasteiger partial charge on any atom is -0.493 e. The zero-order valence-electron chi connectivity index (χ0n) is 14.4. The molecule has 0 bridgehead atoms. The Kier molecular flexibility index (Phi) is 5.30. The molecule has 0 aliphatic rings. The third-order valence-corrected chi connectivity index (χ3v) is 3.73. The van der Waals surface area contributed by atoms with Crippen LogP contribution >= 0.6 is 0 Å². The van der Waals surface area contributed by atoms with E-state index in [0.29, 0.717) is 17.1 Å². The summed E-state index contributed by atoms with van der Waals surface area (Å²) in [5, 5.41) is 10.2. The van der Waals surface area contributed by atoms with E-state index in [-0.39, 0.29) is 17.1 Å². The summed E-state index contributed by atoms with van der Waals surface area (Å²) in [5.41, 5.74) is 2.07. The smallest absolute Gasteiger partial charge is 0.387 e. The van der Waals surface area contributed by atoms with Gasteiger partial charge in [0.25, 0.3) is 5.91 Å². The van der Waals surface area contributed by atoms with Crippen LogP contribution in [0.2, 0.25) is 0 Å². The molecule has 2 aromatic carbocycles. The molecule has 0 spiro atoms. The molecule has 0 aliphatic heterocycles. The number of rotatable bonds is 6. The third kappa shape index (κ3) is 4.20. The van der Waals surface area contributed by atoms with Crippen molar-refractivity contribution in [2.45, 2.75) is 13.5 Å². The highest BCUT2D eigenvalue weighted by Gasteiger charge is 2.16. The Bertz CT molecular complexity index is 946. The molecule has 3 rings (SSSR count). The van der Waals surface area contributed by atoms with Crippen molar-refractivity contribution in [2.24, 2.45) is 0 Å². The van der Waals surface area contributed by atoms with Gasteiger partial charge in [-0.1, -0.05) is 6.07 Å². The van der Waals surface area contributed by atoms with E-state index in [1.165, 1.54) is 31.7 Å². The fourth-order valence-electron chi connectivity index (χ4n) is 2.39. The first kappa shape index (κ1) is 18.3. The Morgan fingerprint density at radius 3 is 2.67 bits per heavy atom. The van der Waals surface area contributed by atoms with E-state index in [1.807, 2.05) is 6.92 Å². The lowest BCUT2D eigenvalue weighted by atomic mass is 10.1. The maximum atomic E-state index is 12.6. The standard InChI is InChI=1S/C18H15F2N3O4/c1-10-3-4-12(17-23-21-9-26-17)7-13(10)22-16(24)11-5-6-14(25-2)15(8-11)27-18(19)20/h3-9,18H,1-2H3,(H,22,24). The Morgan fingerprint density at radius 2 is 2.00 bits per heavy atom. The van der Waals surface area contributed by atoms with Crippen molar-refractivity contribution in [3.05, 3.63) is 53.9 Å². The van der Waals surface area contributed by atoms with Gasteiger partial charge in [0.2, 0.25) is 12.3 Å². The number of amides is 1. The first-order valence-corrected chi connectivity index (χ1v) is 7.79. The van der Waals surface area contributed by atoms with E-state index in [9.17, 15) is 13.6 Å². The van der Waals surface area contributed by atoms with Crippen molar-refractivity contribution in [1.82, 2.24) is 10.2 Å². The second-order valence-corrected chi connectivity index (χ2v) is 5.47. The molecular weight excluding hydrogens is 360 g/mol. The van der Waals surface area contributed by atoms with Crippen molar-refractivity contribution in [3.8, 4) is 23.0 Å². The Morgan fingerprint density at radius 1 is 1.19 bits per heavy atom.